The van der Waals surface area contributed by atoms with E-state index in [0.29, 0.717) is 13.0 Å². The van der Waals surface area contributed by atoms with E-state index in [1.807, 2.05) is 0 Å². The van der Waals surface area contributed by atoms with E-state index in [1.54, 1.807) is 27.8 Å². The van der Waals surface area contributed by atoms with Crippen LogP contribution in [0.25, 0.3) is 0 Å². The monoisotopic (exact) mass is 355 g/mol. The van der Waals surface area contributed by atoms with Crippen LogP contribution in [0, 0.1) is 0 Å². The molecular formula is C17H29N3O5. The molecule has 0 aromatic rings. The molecule has 0 atom stereocenters. The van der Waals surface area contributed by atoms with E-state index in [1.165, 1.54) is 4.90 Å². The number of carbonyl (C=O) groups is 3. The molecule has 1 heterocycles. The maximum atomic E-state index is 12.1. The van der Waals surface area contributed by atoms with Crippen molar-refractivity contribution in [3.8, 4) is 0 Å². The van der Waals surface area contributed by atoms with E-state index in [0.717, 1.165) is 32.1 Å². The molecule has 8 nitrogen and oxygen atoms in total. The number of hydrogen-bond acceptors (Lipinski definition) is 5. The van der Waals surface area contributed by atoms with Crippen LogP contribution in [-0.4, -0.2) is 54.6 Å². The van der Waals surface area contributed by atoms with Crippen LogP contribution in [0.3, 0.4) is 0 Å². The molecule has 1 aliphatic heterocycles. The molecule has 0 radical (unpaired) electrons. The zero-order valence-electron chi connectivity index (χ0n) is 15.6. The van der Waals surface area contributed by atoms with Crippen LogP contribution in [0.15, 0.2) is 4.99 Å². The van der Waals surface area contributed by atoms with E-state index < -0.39 is 17.7 Å². The lowest BCUT2D eigenvalue weighted by atomic mass is 10.1. The van der Waals surface area contributed by atoms with Gasteiger partial charge in [0.25, 0.3) is 0 Å². The van der Waals surface area contributed by atoms with Crippen LogP contribution in [0.1, 0.15) is 59.3 Å². The average Bonchev–Trinajstić information content (AvgIpc) is 2.46. The Morgan fingerprint density at radius 3 is 2.48 bits per heavy atom. The fourth-order valence-electron chi connectivity index (χ4n) is 2.19. The summed E-state index contributed by atoms with van der Waals surface area (Å²) in [6, 6.07) is 0. The number of guanidine groups is 1. The van der Waals surface area contributed by atoms with E-state index in [2.05, 4.69) is 10.3 Å². The summed E-state index contributed by atoms with van der Waals surface area (Å²) in [5.41, 5.74) is -0.704. The lowest BCUT2D eigenvalue weighted by Crippen LogP contribution is -2.45. The van der Waals surface area contributed by atoms with Crippen LogP contribution in [0.4, 0.5) is 4.79 Å². The minimum absolute atomic E-state index is 0.0201. The SMILES string of the molecule is CN1CC(=O)OCCCCCCCC(=O)N/C1=N/C(=O)OC(C)(C)C. The van der Waals surface area contributed by atoms with Gasteiger partial charge in [-0.3, -0.25) is 14.9 Å². The van der Waals surface area contributed by atoms with Crippen molar-refractivity contribution in [1.82, 2.24) is 10.2 Å². The smallest absolute Gasteiger partial charge is 0.437 e. The van der Waals surface area contributed by atoms with E-state index in [9.17, 15) is 14.4 Å². The minimum Gasteiger partial charge on any atom is -0.464 e. The molecule has 0 aliphatic carbocycles. The van der Waals surface area contributed by atoms with Crippen molar-refractivity contribution >= 4 is 23.9 Å². The third-order valence-electron chi connectivity index (χ3n) is 3.38. The molecule has 25 heavy (non-hydrogen) atoms. The maximum absolute atomic E-state index is 12.1. The molecule has 8 heteroatoms. The van der Waals surface area contributed by atoms with Gasteiger partial charge in [-0.05, 0) is 33.6 Å². The summed E-state index contributed by atoms with van der Waals surface area (Å²) in [6.45, 7) is 5.41. The predicted molar refractivity (Wildman–Crippen MR) is 93.1 cm³/mol. The van der Waals surface area contributed by atoms with Crippen LogP contribution in [-0.2, 0) is 19.1 Å². The highest BCUT2D eigenvalue weighted by atomic mass is 16.6. The predicted octanol–water partition coefficient (Wildman–Crippen LogP) is 2.22. The minimum atomic E-state index is -0.830. The number of nitrogens with one attached hydrogen (secondary N) is 1. The zero-order chi connectivity index (χ0) is 18.9. The number of hydrogen-bond donors (Lipinski definition) is 1. The quantitative estimate of drug-likeness (QED) is 0.669. The number of likely N-dealkylation sites (N-methyl/N-ethyl adjacent to an activating group) is 1. The lowest BCUT2D eigenvalue weighted by molar-refractivity contribution is -0.144. The summed E-state index contributed by atoms with van der Waals surface area (Å²) in [4.78, 5) is 41.0. The molecule has 2 amide bonds. The van der Waals surface area contributed by atoms with Crippen molar-refractivity contribution in [2.24, 2.45) is 4.99 Å². The summed E-state index contributed by atoms with van der Waals surface area (Å²) in [7, 11) is 1.55. The Morgan fingerprint density at radius 2 is 1.80 bits per heavy atom. The first-order valence-electron chi connectivity index (χ1n) is 8.65. The van der Waals surface area contributed by atoms with Gasteiger partial charge in [-0.25, -0.2) is 4.79 Å². The number of aliphatic imine (C=N–C) groups is 1. The van der Waals surface area contributed by atoms with E-state index in [4.69, 9.17) is 9.47 Å². The molecule has 1 N–H and O–H groups in total. The highest BCUT2D eigenvalue weighted by Gasteiger charge is 2.20. The third kappa shape index (κ3) is 9.69. The average molecular weight is 355 g/mol. The van der Waals surface area contributed by atoms with Crippen LogP contribution in [0.2, 0.25) is 0 Å². The second kappa shape index (κ2) is 10.0. The van der Waals surface area contributed by atoms with Gasteiger partial charge in [0.1, 0.15) is 12.1 Å². The number of ether oxygens (including phenoxy) is 2. The third-order valence-corrected chi connectivity index (χ3v) is 3.38. The largest absolute Gasteiger partial charge is 0.464 e. The molecule has 0 unspecified atom stereocenters. The molecule has 1 saturated heterocycles. The second-order valence-corrected chi connectivity index (χ2v) is 7.06. The Hall–Kier alpha value is -2.12. The number of cyclic esters (lactones) is 1. The van der Waals surface area contributed by atoms with Crippen molar-refractivity contribution in [1.29, 1.82) is 0 Å². The van der Waals surface area contributed by atoms with Crippen molar-refractivity contribution in [2.45, 2.75) is 64.9 Å². The van der Waals surface area contributed by atoms with Gasteiger partial charge in [0.05, 0.1) is 6.61 Å². The first kappa shape index (κ1) is 20.9. The molecular weight excluding hydrogens is 326 g/mol. The molecule has 1 rings (SSSR count). The van der Waals surface area contributed by atoms with Gasteiger partial charge in [-0.15, -0.1) is 4.99 Å². The lowest BCUT2D eigenvalue weighted by Gasteiger charge is -2.22. The molecule has 0 spiro atoms. The normalized spacial score (nSPS) is 20.5. The van der Waals surface area contributed by atoms with Gasteiger partial charge >= 0.3 is 12.1 Å². The Kier molecular flexibility index (Phi) is 8.37. The second-order valence-electron chi connectivity index (χ2n) is 7.06. The Labute approximate surface area is 148 Å². The first-order valence-corrected chi connectivity index (χ1v) is 8.65. The molecule has 0 aromatic carbocycles. The van der Waals surface area contributed by atoms with E-state index in [-0.39, 0.29) is 18.4 Å². The highest BCUT2D eigenvalue weighted by molar-refractivity contribution is 6.01. The van der Waals surface area contributed by atoms with Gasteiger partial charge in [0.15, 0.2) is 0 Å². The molecule has 142 valence electrons. The van der Waals surface area contributed by atoms with E-state index >= 15 is 0 Å². The highest BCUT2D eigenvalue weighted by Crippen LogP contribution is 2.09. The van der Waals surface area contributed by atoms with Gasteiger partial charge < -0.3 is 14.4 Å². The molecule has 0 aromatic heterocycles. The van der Waals surface area contributed by atoms with Crippen molar-refractivity contribution < 1.29 is 23.9 Å². The summed E-state index contributed by atoms with van der Waals surface area (Å²) >= 11 is 0. The van der Waals surface area contributed by atoms with Gasteiger partial charge in [0.2, 0.25) is 11.9 Å². The number of carbonyl (C=O) groups excluding carboxylic acids is 3. The standard InChI is InChI=1S/C17H29N3O5/c1-17(2,3)25-16(23)19-15-18-13(21)10-8-6-5-7-9-11-24-14(22)12-20(15)4/h5-12H2,1-4H3,(H,18,19,21,23). The molecule has 1 aliphatic rings. The fourth-order valence-corrected chi connectivity index (χ4v) is 2.19. The molecule has 0 bridgehead atoms. The summed E-state index contributed by atoms with van der Waals surface area (Å²) in [5, 5.41) is 2.59. The Balaban J connectivity index is 2.87. The Bertz CT molecular complexity index is 511. The van der Waals surface area contributed by atoms with Crippen LogP contribution in [0.5, 0.6) is 0 Å². The van der Waals surface area contributed by atoms with Crippen molar-refractivity contribution in [3.63, 3.8) is 0 Å². The molecule has 0 saturated carbocycles. The zero-order valence-corrected chi connectivity index (χ0v) is 15.6. The first-order chi connectivity index (χ1) is 11.7. The topological polar surface area (TPSA) is 97.3 Å². The maximum Gasteiger partial charge on any atom is 0.437 e. The van der Waals surface area contributed by atoms with Crippen LogP contribution < -0.4 is 5.32 Å². The van der Waals surface area contributed by atoms with Gasteiger partial charge in [-0.2, -0.15) is 0 Å². The Morgan fingerprint density at radius 1 is 1.16 bits per heavy atom. The van der Waals surface area contributed by atoms with Crippen molar-refractivity contribution in [2.75, 3.05) is 20.2 Å². The van der Waals surface area contributed by atoms with Crippen molar-refractivity contribution in [3.05, 3.63) is 0 Å². The fraction of sp³-hybridized carbons (Fsp3) is 0.765. The summed E-state index contributed by atoms with van der Waals surface area (Å²) in [5.74, 6) is -0.710. The number of esters is 1. The summed E-state index contributed by atoms with van der Waals surface area (Å²) in [6.07, 6.45) is 3.96. The summed E-state index contributed by atoms with van der Waals surface area (Å²) < 4.78 is 10.3. The number of rotatable bonds is 0. The number of amides is 2. The molecule has 1 fully saturated rings. The van der Waals surface area contributed by atoms with Gasteiger partial charge in [-0.1, -0.05) is 19.3 Å². The van der Waals surface area contributed by atoms with Gasteiger partial charge in [0, 0.05) is 13.5 Å². The van der Waals surface area contributed by atoms with Crippen LogP contribution >= 0.6 is 0 Å². The number of nitrogens with zero attached hydrogens (tertiary/aromatic N) is 2.